The molecule has 1 aliphatic carbocycles. The van der Waals surface area contributed by atoms with Crippen molar-refractivity contribution in [2.75, 3.05) is 10.6 Å². The Morgan fingerprint density at radius 3 is 1.72 bits per heavy atom. The van der Waals surface area contributed by atoms with E-state index in [9.17, 15) is 14.4 Å². The first kappa shape index (κ1) is 17.2. The molecule has 0 aliphatic heterocycles. The quantitative estimate of drug-likeness (QED) is 0.801. The number of benzene rings is 2. The fourth-order valence-corrected chi connectivity index (χ4v) is 2.69. The van der Waals surface area contributed by atoms with Crippen molar-refractivity contribution in [3.05, 3.63) is 59.1 Å². The van der Waals surface area contributed by atoms with Crippen molar-refractivity contribution in [1.29, 1.82) is 0 Å². The maximum absolute atomic E-state index is 12.2. The molecule has 6 heteroatoms. The number of carbonyl (C=O) groups is 3. The maximum Gasteiger partial charge on any atom is 0.228 e. The molecule has 2 unspecified atom stereocenters. The monoisotopic (exact) mass is 356 g/mol. The third-order valence-electron chi connectivity index (χ3n) is 4.13. The van der Waals surface area contributed by atoms with Crippen molar-refractivity contribution < 1.29 is 14.4 Å². The van der Waals surface area contributed by atoms with Gasteiger partial charge < -0.3 is 10.6 Å². The standard InChI is InChI=1S/C19H17ClN2O3/c1-11(23)12-2-6-14(7-3-12)21-18(24)16-10-17(16)19(25)22-15-8-4-13(20)5-9-15/h2-9,16-17H,10H2,1H3,(H,21,24)(H,22,25). The molecule has 1 saturated carbocycles. The Kier molecular flexibility index (Phi) is 4.86. The van der Waals surface area contributed by atoms with Gasteiger partial charge in [-0.25, -0.2) is 0 Å². The Morgan fingerprint density at radius 1 is 0.840 bits per heavy atom. The van der Waals surface area contributed by atoms with Gasteiger partial charge in [-0.3, -0.25) is 14.4 Å². The van der Waals surface area contributed by atoms with Crippen LogP contribution in [-0.2, 0) is 9.59 Å². The third-order valence-corrected chi connectivity index (χ3v) is 4.39. The van der Waals surface area contributed by atoms with E-state index in [2.05, 4.69) is 10.6 Å². The average molecular weight is 357 g/mol. The minimum atomic E-state index is -0.334. The van der Waals surface area contributed by atoms with Crippen LogP contribution in [0.4, 0.5) is 11.4 Å². The number of Topliss-reactive ketones (excluding diaryl/α,β-unsaturated/α-hetero) is 1. The number of halogens is 1. The van der Waals surface area contributed by atoms with Crippen LogP contribution >= 0.6 is 11.6 Å². The number of nitrogens with one attached hydrogen (secondary N) is 2. The molecule has 2 N–H and O–H groups in total. The molecular formula is C19H17ClN2O3. The molecule has 128 valence electrons. The molecule has 0 radical (unpaired) electrons. The zero-order valence-electron chi connectivity index (χ0n) is 13.6. The number of carbonyl (C=O) groups excluding carboxylic acids is 3. The number of ketones is 1. The Labute approximate surface area is 150 Å². The molecular weight excluding hydrogens is 340 g/mol. The molecule has 25 heavy (non-hydrogen) atoms. The summed E-state index contributed by atoms with van der Waals surface area (Å²) in [6.07, 6.45) is 0.525. The molecule has 1 aliphatic rings. The molecule has 1 fully saturated rings. The zero-order valence-corrected chi connectivity index (χ0v) is 14.3. The van der Waals surface area contributed by atoms with Gasteiger partial charge in [0.05, 0.1) is 11.8 Å². The van der Waals surface area contributed by atoms with Gasteiger partial charge in [-0.05, 0) is 61.9 Å². The molecule has 2 atom stereocenters. The minimum Gasteiger partial charge on any atom is -0.326 e. The number of hydrogen-bond donors (Lipinski definition) is 2. The van der Waals surface area contributed by atoms with E-state index in [0.29, 0.717) is 28.4 Å². The second-order valence-corrected chi connectivity index (χ2v) is 6.50. The Balaban J connectivity index is 1.53. The van der Waals surface area contributed by atoms with E-state index in [-0.39, 0.29) is 29.4 Å². The lowest BCUT2D eigenvalue weighted by atomic mass is 10.1. The van der Waals surface area contributed by atoms with Gasteiger partial charge in [0.15, 0.2) is 5.78 Å². The molecule has 0 spiro atoms. The average Bonchev–Trinajstić information content (AvgIpc) is 3.38. The van der Waals surface area contributed by atoms with Gasteiger partial charge in [0.25, 0.3) is 0 Å². The van der Waals surface area contributed by atoms with Gasteiger partial charge in [-0.1, -0.05) is 11.6 Å². The molecule has 3 rings (SSSR count). The lowest BCUT2D eigenvalue weighted by Crippen LogP contribution is -2.20. The van der Waals surface area contributed by atoms with Gasteiger partial charge >= 0.3 is 0 Å². The van der Waals surface area contributed by atoms with Crippen molar-refractivity contribution >= 4 is 40.6 Å². The van der Waals surface area contributed by atoms with Crippen molar-refractivity contribution in [3.8, 4) is 0 Å². The predicted molar refractivity (Wildman–Crippen MR) is 96.8 cm³/mol. The lowest BCUT2D eigenvalue weighted by Gasteiger charge is -2.07. The highest BCUT2D eigenvalue weighted by atomic mass is 35.5. The highest BCUT2D eigenvalue weighted by Crippen LogP contribution is 2.40. The van der Waals surface area contributed by atoms with Crippen LogP contribution in [0.5, 0.6) is 0 Å². The number of rotatable bonds is 5. The van der Waals surface area contributed by atoms with Gasteiger partial charge in [-0.2, -0.15) is 0 Å². The first-order valence-electron chi connectivity index (χ1n) is 7.92. The van der Waals surface area contributed by atoms with Crippen molar-refractivity contribution in [2.45, 2.75) is 13.3 Å². The first-order valence-corrected chi connectivity index (χ1v) is 8.30. The normalized spacial score (nSPS) is 18.3. The summed E-state index contributed by atoms with van der Waals surface area (Å²) in [4.78, 5) is 35.7. The van der Waals surface area contributed by atoms with Crippen molar-refractivity contribution in [2.24, 2.45) is 11.8 Å². The predicted octanol–water partition coefficient (Wildman–Crippen LogP) is 3.76. The fourth-order valence-electron chi connectivity index (χ4n) is 2.57. The van der Waals surface area contributed by atoms with Crippen LogP contribution in [0, 0.1) is 11.8 Å². The second kappa shape index (κ2) is 7.07. The maximum atomic E-state index is 12.2. The van der Waals surface area contributed by atoms with Gasteiger partial charge in [0.1, 0.15) is 0 Å². The summed E-state index contributed by atoms with van der Waals surface area (Å²) in [5.74, 6) is -1.05. The lowest BCUT2D eigenvalue weighted by molar-refractivity contribution is -0.122. The van der Waals surface area contributed by atoms with E-state index in [1.807, 2.05) is 0 Å². The van der Waals surface area contributed by atoms with Crippen LogP contribution < -0.4 is 10.6 Å². The molecule has 0 heterocycles. The summed E-state index contributed by atoms with van der Waals surface area (Å²) in [6.45, 7) is 1.49. The van der Waals surface area contributed by atoms with E-state index in [1.165, 1.54) is 6.92 Å². The summed E-state index contributed by atoms with van der Waals surface area (Å²) in [6, 6.07) is 13.5. The number of amides is 2. The van der Waals surface area contributed by atoms with Crippen molar-refractivity contribution in [1.82, 2.24) is 0 Å². The van der Waals surface area contributed by atoms with Crippen LogP contribution in [0.25, 0.3) is 0 Å². The highest BCUT2D eigenvalue weighted by Gasteiger charge is 2.48. The third kappa shape index (κ3) is 4.25. The molecule has 2 aromatic rings. The van der Waals surface area contributed by atoms with E-state index < -0.39 is 0 Å². The Morgan fingerprint density at radius 2 is 1.28 bits per heavy atom. The van der Waals surface area contributed by atoms with Gasteiger partial charge in [0, 0.05) is 22.0 Å². The number of hydrogen-bond acceptors (Lipinski definition) is 3. The SMILES string of the molecule is CC(=O)c1ccc(NC(=O)C2CC2C(=O)Nc2ccc(Cl)cc2)cc1. The van der Waals surface area contributed by atoms with E-state index in [0.717, 1.165) is 0 Å². The van der Waals surface area contributed by atoms with Crippen LogP contribution in [0.15, 0.2) is 48.5 Å². The summed E-state index contributed by atoms with van der Waals surface area (Å²) in [5.41, 5.74) is 1.85. The fraction of sp³-hybridized carbons (Fsp3) is 0.211. The summed E-state index contributed by atoms with van der Waals surface area (Å²) in [7, 11) is 0. The topological polar surface area (TPSA) is 75.3 Å². The molecule has 5 nitrogen and oxygen atoms in total. The first-order chi connectivity index (χ1) is 11.9. The van der Waals surface area contributed by atoms with Crippen LogP contribution in [0.1, 0.15) is 23.7 Å². The smallest absolute Gasteiger partial charge is 0.228 e. The van der Waals surface area contributed by atoms with E-state index in [1.54, 1.807) is 48.5 Å². The summed E-state index contributed by atoms with van der Waals surface area (Å²) in [5, 5.41) is 6.16. The molecule has 2 amide bonds. The summed E-state index contributed by atoms with van der Waals surface area (Å²) >= 11 is 5.81. The Bertz CT molecular complexity index is 816. The molecule has 0 bridgehead atoms. The largest absolute Gasteiger partial charge is 0.326 e. The Hall–Kier alpha value is -2.66. The van der Waals surface area contributed by atoms with E-state index in [4.69, 9.17) is 11.6 Å². The van der Waals surface area contributed by atoms with Gasteiger partial charge in [0.2, 0.25) is 11.8 Å². The molecule has 0 aromatic heterocycles. The van der Waals surface area contributed by atoms with Crippen LogP contribution in [0.3, 0.4) is 0 Å². The molecule has 2 aromatic carbocycles. The number of anilines is 2. The van der Waals surface area contributed by atoms with Gasteiger partial charge in [-0.15, -0.1) is 0 Å². The minimum absolute atomic E-state index is 0.0287. The van der Waals surface area contributed by atoms with Crippen molar-refractivity contribution in [3.63, 3.8) is 0 Å². The second-order valence-electron chi connectivity index (χ2n) is 6.07. The summed E-state index contributed by atoms with van der Waals surface area (Å²) < 4.78 is 0. The molecule has 0 saturated heterocycles. The van der Waals surface area contributed by atoms with Crippen LogP contribution in [-0.4, -0.2) is 17.6 Å². The van der Waals surface area contributed by atoms with E-state index >= 15 is 0 Å². The highest BCUT2D eigenvalue weighted by molar-refractivity contribution is 6.30. The van der Waals surface area contributed by atoms with Crippen LogP contribution in [0.2, 0.25) is 5.02 Å². The zero-order chi connectivity index (χ0) is 18.0.